The second-order valence-corrected chi connectivity index (χ2v) is 10.1. The molecule has 0 atom stereocenters. The number of amides is 1. The largest absolute Gasteiger partial charge is 0.389 e. The quantitative estimate of drug-likeness (QED) is 0.246. The highest BCUT2D eigenvalue weighted by Crippen LogP contribution is 2.18. The Morgan fingerprint density at radius 3 is 2.66 bits per heavy atom. The minimum absolute atomic E-state index is 0.0132. The molecule has 0 radical (unpaired) electrons. The van der Waals surface area contributed by atoms with E-state index in [-0.39, 0.29) is 23.0 Å². The van der Waals surface area contributed by atoms with Crippen LogP contribution < -0.4 is 5.32 Å². The summed E-state index contributed by atoms with van der Waals surface area (Å²) in [7, 11) is -1.94. The SMILES string of the molecule is COCCCS(=O)(=O)c1ccc(C(=NOCc2ccn[nH]2)C(=O)Nc2ncc(C)s2)cc1. The predicted octanol–water partition coefficient (Wildman–Crippen LogP) is 2.54. The molecule has 0 fully saturated rings. The molecule has 2 aromatic heterocycles. The second kappa shape index (κ2) is 11.0. The molecule has 0 saturated carbocycles. The Morgan fingerprint density at radius 1 is 1.25 bits per heavy atom. The van der Waals surface area contributed by atoms with Crippen molar-refractivity contribution >= 4 is 37.9 Å². The zero-order valence-electron chi connectivity index (χ0n) is 17.6. The third-order valence-electron chi connectivity index (χ3n) is 4.24. The third kappa shape index (κ3) is 6.45. The van der Waals surface area contributed by atoms with Crippen LogP contribution in [-0.2, 0) is 30.8 Å². The van der Waals surface area contributed by atoms with Crippen LogP contribution >= 0.6 is 11.3 Å². The minimum atomic E-state index is -3.46. The lowest BCUT2D eigenvalue weighted by molar-refractivity contribution is -0.110. The lowest BCUT2D eigenvalue weighted by Gasteiger charge is -2.09. The molecule has 0 bridgehead atoms. The number of ether oxygens (including phenoxy) is 1. The fourth-order valence-corrected chi connectivity index (χ4v) is 4.60. The molecule has 170 valence electrons. The zero-order valence-corrected chi connectivity index (χ0v) is 19.2. The van der Waals surface area contributed by atoms with Crippen molar-refractivity contribution in [1.82, 2.24) is 15.2 Å². The van der Waals surface area contributed by atoms with Gasteiger partial charge in [0.25, 0.3) is 5.91 Å². The molecule has 0 aliphatic heterocycles. The summed E-state index contributed by atoms with van der Waals surface area (Å²) in [5.74, 6) is -0.558. The van der Waals surface area contributed by atoms with E-state index in [0.717, 1.165) is 4.88 Å². The van der Waals surface area contributed by atoms with Gasteiger partial charge in [0.15, 0.2) is 27.3 Å². The Hall–Kier alpha value is -3.09. The number of oxime groups is 1. The van der Waals surface area contributed by atoms with E-state index in [2.05, 4.69) is 25.7 Å². The van der Waals surface area contributed by atoms with Crippen LogP contribution in [-0.4, -0.2) is 54.7 Å². The van der Waals surface area contributed by atoms with Crippen LogP contribution in [0.25, 0.3) is 0 Å². The highest BCUT2D eigenvalue weighted by molar-refractivity contribution is 7.91. The molecular formula is C20H23N5O5S2. The number of hydrogen-bond donors (Lipinski definition) is 2. The molecule has 10 nitrogen and oxygen atoms in total. The molecule has 2 N–H and O–H groups in total. The number of sulfone groups is 1. The molecule has 0 saturated heterocycles. The Labute approximate surface area is 189 Å². The maximum Gasteiger partial charge on any atom is 0.280 e. The molecule has 12 heteroatoms. The van der Waals surface area contributed by atoms with E-state index in [9.17, 15) is 13.2 Å². The first-order chi connectivity index (χ1) is 15.4. The highest BCUT2D eigenvalue weighted by atomic mass is 32.2. The molecule has 32 heavy (non-hydrogen) atoms. The van der Waals surface area contributed by atoms with Gasteiger partial charge in [-0.05, 0) is 31.5 Å². The monoisotopic (exact) mass is 477 g/mol. The van der Waals surface area contributed by atoms with Crippen LogP contribution in [0.3, 0.4) is 0 Å². The Morgan fingerprint density at radius 2 is 2.03 bits per heavy atom. The first-order valence-electron chi connectivity index (χ1n) is 9.63. The van der Waals surface area contributed by atoms with Gasteiger partial charge in [-0.2, -0.15) is 5.10 Å². The van der Waals surface area contributed by atoms with Crippen LogP contribution in [0.5, 0.6) is 0 Å². The summed E-state index contributed by atoms with van der Waals surface area (Å²) in [4.78, 5) is 23.4. The van der Waals surface area contributed by atoms with Gasteiger partial charge in [-0.3, -0.25) is 15.2 Å². The Bertz CT molecular complexity index is 1160. The first kappa shape index (κ1) is 23.6. The number of aromatic nitrogens is 3. The van der Waals surface area contributed by atoms with Crippen LogP contribution in [0, 0.1) is 6.92 Å². The fraction of sp³-hybridized carbons (Fsp3) is 0.300. The van der Waals surface area contributed by atoms with Crippen molar-refractivity contribution in [2.75, 3.05) is 24.8 Å². The zero-order chi connectivity index (χ0) is 23.0. The number of carbonyl (C=O) groups is 1. The minimum Gasteiger partial charge on any atom is -0.389 e. The van der Waals surface area contributed by atoms with Crippen LogP contribution in [0.2, 0.25) is 0 Å². The molecule has 0 aliphatic carbocycles. The first-order valence-corrected chi connectivity index (χ1v) is 12.1. The molecule has 0 aliphatic rings. The van der Waals surface area contributed by atoms with Crippen molar-refractivity contribution in [2.45, 2.75) is 24.8 Å². The number of methoxy groups -OCH3 is 1. The fourth-order valence-electron chi connectivity index (χ4n) is 2.66. The number of H-pyrrole nitrogens is 1. The topological polar surface area (TPSA) is 136 Å². The van der Waals surface area contributed by atoms with Crippen LogP contribution in [0.4, 0.5) is 5.13 Å². The molecule has 0 unspecified atom stereocenters. The maximum absolute atomic E-state index is 12.9. The Kier molecular flexibility index (Phi) is 8.09. The average Bonchev–Trinajstić information content (AvgIpc) is 3.43. The van der Waals surface area contributed by atoms with Crippen LogP contribution in [0.15, 0.2) is 52.8 Å². The summed E-state index contributed by atoms with van der Waals surface area (Å²) in [6.07, 6.45) is 3.62. The van der Waals surface area contributed by atoms with Gasteiger partial charge in [0, 0.05) is 36.6 Å². The van der Waals surface area contributed by atoms with Crippen molar-refractivity contribution in [2.24, 2.45) is 5.16 Å². The van der Waals surface area contributed by atoms with Gasteiger partial charge < -0.3 is 9.57 Å². The van der Waals surface area contributed by atoms with Gasteiger partial charge in [0.1, 0.15) is 0 Å². The summed E-state index contributed by atoms with van der Waals surface area (Å²) in [6, 6.07) is 7.66. The summed E-state index contributed by atoms with van der Waals surface area (Å²) >= 11 is 1.32. The Balaban J connectivity index is 1.80. The number of benzene rings is 1. The second-order valence-electron chi connectivity index (χ2n) is 6.72. The summed E-state index contributed by atoms with van der Waals surface area (Å²) < 4.78 is 29.8. The molecule has 1 amide bonds. The van der Waals surface area contributed by atoms with E-state index in [1.807, 2.05) is 6.92 Å². The van der Waals surface area contributed by atoms with Gasteiger partial charge in [0.2, 0.25) is 0 Å². The molecule has 0 spiro atoms. The number of thiazole rings is 1. The number of rotatable bonds is 11. The maximum atomic E-state index is 12.9. The van der Waals surface area contributed by atoms with Crippen molar-refractivity contribution < 1.29 is 22.8 Å². The van der Waals surface area contributed by atoms with E-state index >= 15 is 0 Å². The number of aromatic amines is 1. The number of nitrogens with one attached hydrogen (secondary N) is 2. The normalized spacial score (nSPS) is 12.0. The van der Waals surface area contributed by atoms with Gasteiger partial charge in [-0.25, -0.2) is 13.4 Å². The van der Waals surface area contributed by atoms with Crippen molar-refractivity contribution in [3.05, 3.63) is 58.9 Å². The number of hydrogen-bond acceptors (Lipinski definition) is 9. The third-order valence-corrected chi connectivity index (χ3v) is 6.88. The van der Waals surface area contributed by atoms with Crippen molar-refractivity contribution in [3.63, 3.8) is 0 Å². The van der Waals surface area contributed by atoms with Crippen molar-refractivity contribution in [1.29, 1.82) is 0 Å². The number of carbonyl (C=O) groups excluding carboxylic acids is 1. The lowest BCUT2D eigenvalue weighted by atomic mass is 10.1. The standard InChI is InChI=1S/C20H23N5O5S2/c1-14-12-21-20(31-14)23-19(26)18(25-30-13-16-8-9-22-24-16)15-4-6-17(7-5-15)32(27,28)11-3-10-29-2/h4-9,12H,3,10-11,13H2,1-2H3,(H,22,24)(H,21,23,26). The summed E-state index contributed by atoms with van der Waals surface area (Å²) in [6.45, 7) is 2.32. The average molecular weight is 478 g/mol. The number of aryl methyl sites for hydroxylation is 1. The lowest BCUT2D eigenvalue weighted by Crippen LogP contribution is -2.24. The highest BCUT2D eigenvalue weighted by Gasteiger charge is 2.19. The predicted molar refractivity (Wildman–Crippen MR) is 120 cm³/mol. The molecule has 1 aromatic carbocycles. The molecular weight excluding hydrogens is 454 g/mol. The van der Waals surface area contributed by atoms with E-state index in [0.29, 0.717) is 29.4 Å². The van der Waals surface area contributed by atoms with Gasteiger partial charge >= 0.3 is 0 Å². The van der Waals surface area contributed by atoms with Gasteiger partial charge in [-0.1, -0.05) is 17.3 Å². The van der Waals surface area contributed by atoms with Gasteiger partial charge in [0.05, 0.1) is 16.3 Å². The molecule has 2 heterocycles. The summed E-state index contributed by atoms with van der Waals surface area (Å²) in [5.41, 5.74) is 1.07. The molecule has 3 aromatic rings. The van der Waals surface area contributed by atoms with E-state index in [1.165, 1.54) is 42.7 Å². The number of nitrogens with zero attached hydrogens (tertiary/aromatic N) is 3. The smallest absolute Gasteiger partial charge is 0.280 e. The van der Waals surface area contributed by atoms with E-state index in [4.69, 9.17) is 9.57 Å². The van der Waals surface area contributed by atoms with E-state index in [1.54, 1.807) is 18.5 Å². The van der Waals surface area contributed by atoms with Gasteiger partial charge in [-0.15, -0.1) is 11.3 Å². The van der Waals surface area contributed by atoms with E-state index < -0.39 is 15.7 Å². The van der Waals surface area contributed by atoms with Crippen LogP contribution in [0.1, 0.15) is 22.6 Å². The summed E-state index contributed by atoms with van der Waals surface area (Å²) in [5, 5.41) is 13.7. The number of anilines is 1. The molecule has 3 rings (SSSR count). The van der Waals surface area contributed by atoms with Crippen molar-refractivity contribution in [3.8, 4) is 0 Å².